The lowest BCUT2D eigenvalue weighted by atomic mass is 10.2. The van der Waals surface area contributed by atoms with Crippen molar-refractivity contribution in [3.8, 4) is 11.6 Å². The van der Waals surface area contributed by atoms with E-state index >= 15 is 0 Å². The molecule has 112 valence electrons. The van der Waals surface area contributed by atoms with Gasteiger partial charge >= 0.3 is 0 Å². The van der Waals surface area contributed by atoms with Crippen molar-refractivity contribution >= 4 is 11.6 Å². The van der Waals surface area contributed by atoms with Gasteiger partial charge in [0, 0.05) is 18.8 Å². The number of hydrogen-bond acceptors (Lipinski definition) is 3. The molecule has 0 radical (unpaired) electrons. The number of ether oxygens (including phenoxy) is 1. The van der Waals surface area contributed by atoms with Crippen molar-refractivity contribution in [3.05, 3.63) is 52.4 Å². The van der Waals surface area contributed by atoms with E-state index in [0.29, 0.717) is 23.2 Å². The molecule has 1 N–H and O–H groups in total. The van der Waals surface area contributed by atoms with Crippen molar-refractivity contribution in [1.82, 2.24) is 10.3 Å². The van der Waals surface area contributed by atoms with Crippen molar-refractivity contribution in [2.24, 2.45) is 0 Å². The van der Waals surface area contributed by atoms with Gasteiger partial charge in [-0.3, -0.25) is 0 Å². The highest BCUT2D eigenvalue weighted by molar-refractivity contribution is 6.31. The van der Waals surface area contributed by atoms with E-state index in [9.17, 15) is 4.39 Å². The number of rotatable bonds is 5. The van der Waals surface area contributed by atoms with Crippen molar-refractivity contribution < 1.29 is 9.13 Å². The number of halogens is 2. The van der Waals surface area contributed by atoms with Gasteiger partial charge in [0.25, 0.3) is 0 Å². The lowest BCUT2D eigenvalue weighted by Gasteiger charge is -2.11. The van der Waals surface area contributed by atoms with Crippen LogP contribution in [0.1, 0.15) is 25.0 Å². The Bertz CT molecular complexity index is 632. The van der Waals surface area contributed by atoms with Crippen molar-refractivity contribution in [1.29, 1.82) is 0 Å². The van der Waals surface area contributed by atoms with E-state index in [0.717, 1.165) is 5.56 Å². The first kappa shape index (κ1) is 15.7. The number of benzene rings is 1. The molecule has 1 heterocycles. The topological polar surface area (TPSA) is 34.1 Å². The number of nitrogens with zero attached hydrogens (tertiary/aromatic N) is 1. The fourth-order valence-corrected chi connectivity index (χ4v) is 1.99. The van der Waals surface area contributed by atoms with Gasteiger partial charge < -0.3 is 10.1 Å². The van der Waals surface area contributed by atoms with Crippen LogP contribution in [0.15, 0.2) is 30.5 Å². The highest BCUT2D eigenvalue weighted by Gasteiger charge is 2.11. The summed E-state index contributed by atoms with van der Waals surface area (Å²) in [5, 5.41) is 3.64. The average molecular weight is 309 g/mol. The summed E-state index contributed by atoms with van der Waals surface area (Å²) in [6.45, 7) is 6.47. The van der Waals surface area contributed by atoms with Gasteiger partial charge in [-0.05, 0) is 30.2 Å². The predicted octanol–water partition coefficient (Wildman–Crippen LogP) is 4.47. The summed E-state index contributed by atoms with van der Waals surface area (Å²) in [7, 11) is 0. The van der Waals surface area contributed by atoms with Crippen LogP contribution in [0.2, 0.25) is 5.02 Å². The molecular weight excluding hydrogens is 291 g/mol. The number of aromatic nitrogens is 1. The Hall–Kier alpha value is -1.65. The Morgan fingerprint density at radius 3 is 2.81 bits per heavy atom. The van der Waals surface area contributed by atoms with Crippen molar-refractivity contribution in [2.45, 2.75) is 33.4 Å². The minimum Gasteiger partial charge on any atom is -0.434 e. The lowest BCUT2D eigenvalue weighted by molar-refractivity contribution is 0.425. The molecule has 0 atom stereocenters. The molecule has 0 aliphatic heterocycles. The summed E-state index contributed by atoms with van der Waals surface area (Å²) in [5.41, 5.74) is 1.46. The summed E-state index contributed by atoms with van der Waals surface area (Å²) < 4.78 is 19.4. The zero-order valence-electron chi connectivity index (χ0n) is 12.3. The van der Waals surface area contributed by atoms with Gasteiger partial charge in [-0.2, -0.15) is 0 Å². The van der Waals surface area contributed by atoms with Gasteiger partial charge in [0.1, 0.15) is 5.02 Å². The molecule has 0 aliphatic rings. The summed E-state index contributed by atoms with van der Waals surface area (Å²) in [6, 6.07) is 7.10. The van der Waals surface area contributed by atoms with Gasteiger partial charge in [0.2, 0.25) is 5.88 Å². The molecular formula is C16H18ClFN2O. The van der Waals surface area contributed by atoms with E-state index in [1.807, 2.05) is 0 Å². The molecule has 5 heteroatoms. The van der Waals surface area contributed by atoms with Crippen LogP contribution in [0.4, 0.5) is 4.39 Å². The Balaban J connectivity index is 2.16. The highest BCUT2D eigenvalue weighted by atomic mass is 35.5. The van der Waals surface area contributed by atoms with E-state index in [2.05, 4.69) is 24.1 Å². The second-order valence-electron chi connectivity index (χ2n) is 5.16. The molecule has 1 aromatic heterocycles. The van der Waals surface area contributed by atoms with Crippen LogP contribution >= 0.6 is 11.6 Å². The van der Waals surface area contributed by atoms with Gasteiger partial charge in [0.15, 0.2) is 11.6 Å². The fraction of sp³-hybridized carbons (Fsp3) is 0.312. The quantitative estimate of drug-likeness (QED) is 0.884. The Labute approximate surface area is 129 Å². The third kappa shape index (κ3) is 4.16. The Morgan fingerprint density at radius 1 is 1.38 bits per heavy atom. The van der Waals surface area contributed by atoms with Crippen LogP contribution in [-0.4, -0.2) is 11.0 Å². The third-order valence-corrected chi connectivity index (χ3v) is 3.21. The second-order valence-corrected chi connectivity index (χ2v) is 5.56. The first-order valence-corrected chi connectivity index (χ1v) is 7.16. The number of nitrogens with one attached hydrogen (secondary N) is 1. The highest BCUT2D eigenvalue weighted by Crippen LogP contribution is 2.30. The molecule has 0 amide bonds. The van der Waals surface area contributed by atoms with Gasteiger partial charge in [-0.15, -0.1) is 0 Å². The molecule has 0 saturated carbocycles. The maximum absolute atomic E-state index is 13.9. The van der Waals surface area contributed by atoms with Gasteiger partial charge in [-0.1, -0.05) is 37.6 Å². The van der Waals surface area contributed by atoms with Crippen LogP contribution in [0, 0.1) is 12.7 Å². The van der Waals surface area contributed by atoms with Crippen LogP contribution in [0.5, 0.6) is 11.6 Å². The minimum absolute atomic E-state index is 0.123. The monoisotopic (exact) mass is 308 g/mol. The van der Waals surface area contributed by atoms with E-state index in [1.54, 1.807) is 37.4 Å². The Morgan fingerprint density at radius 2 is 2.14 bits per heavy atom. The average Bonchev–Trinajstić information content (AvgIpc) is 2.44. The second kappa shape index (κ2) is 6.87. The zero-order chi connectivity index (χ0) is 15.4. The molecule has 1 aromatic carbocycles. The smallest absolute Gasteiger partial charge is 0.238 e. The third-order valence-electron chi connectivity index (χ3n) is 2.94. The van der Waals surface area contributed by atoms with Crippen molar-refractivity contribution in [3.63, 3.8) is 0 Å². The van der Waals surface area contributed by atoms with E-state index in [1.165, 1.54) is 0 Å². The first-order chi connectivity index (χ1) is 9.97. The molecule has 3 nitrogen and oxygen atoms in total. The van der Waals surface area contributed by atoms with Crippen molar-refractivity contribution in [2.75, 3.05) is 0 Å². The van der Waals surface area contributed by atoms with E-state index in [4.69, 9.17) is 16.3 Å². The number of pyridine rings is 1. The maximum Gasteiger partial charge on any atom is 0.238 e. The van der Waals surface area contributed by atoms with Crippen LogP contribution in [0.3, 0.4) is 0 Å². The Kier molecular flexibility index (Phi) is 5.15. The normalized spacial score (nSPS) is 11.0. The largest absolute Gasteiger partial charge is 0.434 e. The van der Waals surface area contributed by atoms with Gasteiger partial charge in [0.05, 0.1) is 0 Å². The first-order valence-electron chi connectivity index (χ1n) is 6.78. The summed E-state index contributed by atoms with van der Waals surface area (Å²) in [5.74, 6) is -0.0761. The number of aryl methyl sites for hydroxylation is 1. The predicted molar refractivity (Wildman–Crippen MR) is 82.4 cm³/mol. The lowest BCUT2D eigenvalue weighted by Crippen LogP contribution is -2.21. The SMILES string of the molecule is Cc1cccc(Oc2ncc(CNC(C)C)cc2Cl)c1F. The number of hydrogen-bond donors (Lipinski definition) is 1. The van der Waals surface area contributed by atoms with Crippen LogP contribution < -0.4 is 10.1 Å². The molecule has 0 fully saturated rings. The van der Waals surface area contributed by atoms with Crippen LogP contribution in [-0.2, 0) is 6.54 Å². The summed E-state index contributed by atoms with van der Waals surface area (Å²) in [6.07, 6.45) is 1.67. The van der Waals surface area contributed by atoms with Gasteiger partial charge in [-0.25, -0.2) is 9.37 Å². The van der Waals surface area contributed by atoms with E-state index in [-0.39, 0.29) is 11.6 Å². The molecule has 0 aliphatic carbocycles. The molecule has 21 heavy (non-hydrogen) atoms. The minimum atomic E-state index is -0.402. The van der Waals surface area contributed by atoms with Crippen LogP contribution in [0.25, 0.3) is 0 Å². The molecule has 2 aromatic rings. The molecule has 0 spiro atoms. The van der Waals surface area contributed by atoms with E-state index < -0.39 is 5.82 Å². The summed E-state index contributed by atoms with van der Waals surface area (Å²) in [4.78, 5) is 4.16. The molecule has 0 bridgehead atoms. The molecule has 2 rings (SSSR count). The molecule has 0 saturated heterocycles. The maximum atomic E-state index is 13.9. The summed E-state index contributed by atoms with van der Waals surface area (Å²) >= 11 is 6.15. The standard InChI is InChI=1S/C16H18ClFN2O/c1-10(2)19-8-12-7-13(17)16(20-9-12)21-14-6-4-5-11(3)15(14)18/h4-7,9-10,19H,8H2,1-3H3. The fourth-order valence-electron chi connectivity index (χ4n) is 1.76. The molecule has 0 unspecified atom stereocenters. The zero-order valence-corrected chi connectivity index (χ0v) is 13.0.